The van der Waals surface area contributed by atoms with E-state index in [9.17, 15) is 79.4 Å². The van der Waals surface area contributed by atoms with Crippen molar-refractivity contribution >= 4 is 5.97 Å². The highest BCUT2D eigenvalue weighted by Gasteiger charge is 2.85. The van der Waals surface area contributed by atoms with E-state index in [1.54, 1.807) is 6.92 Å². The SMILES string of the molecule is CCCCCC(C)(C)OC(=O)[C@@](F)(OC(F)(F)[C@@](F)(OC(F)(F)C(F)(F)C(F)(F)F)C(F)(F)F)C(F)(F)F. The lowest BCUT2D eigenvalue weighted by Crippen LogP contribution is -2.68. The summed E-state index contributed by atoms with van der Waals surface area (Å²) >= 11 is 0. The van der Waals surface area contributed by atoms with Gasteiger partial charge in [-0.15, -0.1) is 0 Å². The van der Waals surface area contributed by atoms with Crippen LogP contribution < -0.4 is 0 Å². The van der Waals surface area contributed by atoms with Gasteiger partial charge in [-0.2, -0.15) is 74.6 Å². The molecule has 0 aromatic carbocycles. The predicted molar refractivity (Wildman–Crippen MR) is 87.2 cm³/mol. The molecule has 0 bridgehead atoms. The molecule has 0 spiro atoms. The van der Waals surface area contributed by atoms with E-state index in [2.05, 4.69) is 4.74 Å². The third-order valence-electron chi connectivity index (χ3n) is 4.38. The first-order chi connectivity index (χ1) is 16.4. The molecule has 0 aliphatic heterocycles. The highest BCUT2D eigenvalue weighted by molar-refractivity contribution is 5.79. The number of halogens is 17. The Hall–Kier alpha value is -1.80. The number of ether oxygens (including phenoxy) is 3. The van der Waals surface area contributed by atoms with Crippen LogP contribution in [0.15, 0.2) is 0 Å². The van der Waals surface area contributed by atoms with Gasteiger partial charge >= 0.3 is 54.3 Å². The van der Waals surface area contributed by atoms with Crippen LogP contribution >= 0.6 is 0 Å². The van der Waals surface area contributed by atoms with Gasteiger partial charge in [0, 0.05) is 0 Å². The molecule has 4 nitrogen and oxygen atoms in total. The van der Waals surface area contributed by atoms with Crippen molar-refractivity contribution in [1.82, 2.24) is 0 Å². The number of hydrogen-bond acceptors (Lipinski definition) is 4. The summed E-state index contributed by atoms with van der Waals surface area (Å²) in [5, 5.41) is 0. The average Bonchev–Trinajstić information content (AvgIpc) is 2.63. The molecule has 0 fully saturated rings. The monoisotopic (exact) mass is 608 g/mol. The Morgan fingerprint density at radius 3 is 1.39 bits per heavy atom. The van der Waals surface area contributed by atoms with E-state index < -0.39 is 66.4 Å². The largest absolute Gasteiger partial charge is 0.462 e. The van der Waals surface area contributed by atoms with Crippen LogP contribution in [0.5, 0.6) is 0 Å². The molecule has 0 unspecified atom stereocenters. The van der Waals surface area contributed by atoms with Crippen molar-refractivity contribution in [2.24, 2.45) is 0 Å². The smallest absolute Gasteiger partial charge is 0.455 e. The maximum absolute atomic E-state index is 14.5. The summed E-state index contributed by atoms with van der Waals surface area (Å²) in [4.78, 5) is 11.8. The Labute approximate surface area is 201 Å². The summed E-state index contributed by atoms with van der Waals surface area (Å²) < 4.78 is 230. The Balaban J connectivity index is 6.67. The van der Waals surface area contributed by atoms with Crippen LogP contribution in [-0.4, -0.2) is 59.9 Å². The van der Waals surface area contributed by atoms with Gasteiger partial charge < -0.3 is 4.74 Å². The van der Waals surface area contributed by atoms with Crippen molar-refractivity contribution in [3.8, 4) is 0 Å². The minimum atomic E-state index is -8.06. The predicted octanol–water partition coefficient (Wildman–Crippen LogP) is 7.76. The van der Waals surface area contributed by atoms with Gasteiger partial charge in [-0.05, 0) is 26.7 Å². The third kappa shape index (κ3) is 7.23. The lowest BCUT2D eigenvalue weighted by atomic mass is 10.0. The average molecular weight is 608 g/mol. The molecule has 0 N–H and O–H groups in total. The maximum atomic E-state index is 14.5. The fourth-order valence-corrected chi connectivity index (χ4v) is 2.31. The zero-order valence-corrected chi connectivity index (χ0v) is 18.9. The summed E-state index contributed by atoms with van der Waals surface area (Å²) in [7, 11) is 0. The topological polar surface area (TPSA) is 44.8 Å². The van der Waals surface area contributed by atoms with Crippen LogP contribution in [0, 0.1) is 0 Å². The molecule has 21 heteroatoms. The fourth-order valence-electron chi connectivity index (χ4n) is 2.31. The van der Waals surface area contributed by atoms with Crippen molar-refractivity contribution < 1.29 is 93.6 Å². The Morgan fingerprint density at radius 2 is 1.05 bits per heavy atom. The van der Waals surface area contributed by atoms with Gasteiger partial charge in [-0.1, -0.05) is 19.8 Å². The highest BCUT2D eigenvalue weighted by Crippen LogP contribution is 2.56. The van der Waals surface area contributed by atoms with Gasteiger partial charge in [-0.25, -0.2) is 4.79 Å². The van der Waals surface area contributed by atoms with Gasteiger partial charge in [0.1, 0.15) is 5.60 Å². The quantitative estimate of drug-likeness (QED) is 0.129. The number of hydrogen-bond donors (Lipinski definition) is 0. The lowest BCUT2D eigenvalue weighted by molar-refractivity contribution is -0.549. The zero-order valence-electron chi connectivity index (χ0n) is 18.9. The van der Waals surface area contributed by atoms with Crippen LogP contribution in [0.2, 0.25) is 0 Å². The van der Waals surface area contributed by atoms with Crippen molar-refractivity contribution in [1.29, 1.82) is 0 Å². The second-order valence-electron chi connectivity index (χ2n) is 8.10. The molecule has 0 radical (unpaired) electrons. The maximum Gasteiger partial charge on any atom is 0.462 e. The number of alkyl halides is 17. The van der Waals surface area contributed by atoms with Crippen LogP contribution in [0.1, 0.15) is 46.5 Å². The molecule has 0 amide bonds. The molecule has 0 aliphatic carbocycles. The van der Waals surface area contributed by atoms with E-state index in [1.807, 2.05) is 4.74 Å². The first-order valence-electron chi connectivity index (χ1n) is 9.70. The molecular weight excluding hydrogens is 591 g/mol. The van der Waals surface area contributed by atoms with Gasteiger partial charge in [0.25, 0.3) is 0 Å². The van der Waals surface area contributed by atoms with E-state index in [1.165, 1.54) is 4.74 Å². The van der Waals surface area contributed by atoms with Gasteiger partial charge in [0.15, 0.2) is 0 Å². The van der Waals surface area contributed by atoms with Crippen LogP contribution in [0.25, 0.3) is 0 Å². The van der Waals surface area contributed by atoms with Crippen molar-refractivity contribution in [2.75, 3.05) is 0 Å². The molecule has 228 valence electrons. The first-order valence-corrected chi connectivity index (χ1v) is 9.70. The highest BCUT2D eigenvalue weighted by atomic mass is 19.4. The summed E-state index contributed by atoms with van der Waals surface area (Å²) in [6.45, 7) is 3.09. The summed E-state index contributed by atoms with van der Waals surface area (Å²) in [6.07, 6.45) is -38.3. The minimum absolute atomic E-state index is 0.0249. The van der Waals surface area contributed by atoms with Crippen LogP contribution in [-0.2, 0) is 19.0 Å². The van der Waals surface area contributed by atoms with Crippen molar-refractivity contribution in [3.05, 3.63) is 0 Å². The lowest BCUT2D eigenvalue weighted by Gasteiger charge is -2.40. The second-order valence-corrected chi connectivity index (χ2v) is 8.10. The van der Waals surface area contributed by atoms with Gasteiger partial charge in [0.2, 0.25) is 0 Å². The van der Waals surface area contributed by atoms with E-state index in [-0.39, 0.29) is 6.42 Å². The molecule has 0 saturated carbocycles. The van der Waals surface area contributed by atoms with Crippen LogP contribution in [0.3, 0.4) is 0 Å². The zero-order chi connectivity index (χ0) is 31.0. The summed E-state index contributed by atoms with van der Waals surface area (Å²) in [5.74, 6) is -26.4. The van der Waals surface area contributed by atoms with Crippen molar-refractivity contribution in [3.63, 3.8) is 0 Å². The molecule has 0 heterocycles. The van der Waals surface area contributed by atoms with Crippen LogP contribution in [0.4, 0.5) is 74.6 Å². The minimum Gasteiger partial charge on any atom is -0.455 e. The third-order valence-corrected chi connectivity index (χ3v) is 4.38. The fraction of sp³-hybridized carbons (Fsp3) is 0.941. The molecular formula is C17H17F17O4. The second kappa shape index (κ2) is 10.6. The van der Waals surface area contributed by atoms with E-state index in [0.29, 0.717) is 12.8 Å². The number of carbonyl (C=O) groups excluding carboxylic acids is 1. The number of esters is 1. The van der Waals surface area contributed by atoms with E-state index in [4.69, 9.17) is 0 Å². The number of rotatable bonds is 12. The van der Waals surface area contributed by atoms with Gasteiger partial charge in [0.05, 0.1) is 0 Å². The summed E-state index contributed by atoms with van der Waals surface area (Å²) in [5.41, 5.74) is -2.21. The molecule has 2 atom stereocenters. The Kier molecular flexibility index (Phi) is 10.1. The van der Waals surface area contributed by atoms with E-state index in [0.717, 1.165) is 13.8 Å². The normalized spacial score (nSPS) is 18.1. The molecule has 0 aromatic heterocycles. The number of carbonyl (C=O) groups is 1. The van der Waals surface area contributed by atoms with Gasteiger partial charge in [-0.3, -0.25) is 9.47 Å². The number of unbranched alkanes of at least 4 members (excludes halogenated alkanes) is 2. The Bertz CT molecular complexity index is 817. The molecule has 0 rings (SSSR count). The molecule has 0 saturated heterocycles. The summed E-state index contributed by atoms with van der Waals surface area (Å²) in [6, 6.07) is 0. The van der Waals surface area contributed by atoms with E-state index >= 15 is 0 Å². The molecule has 38 heavy (non-hydrogen) atoms. The first kappa shape index (κ1) is 36.2. The van der Waals surface area contributed by atoms with Crippen molar-refractivity contribution in [2.45, 2.75) is 100 Å². The molecule has 0 aromatic rings. The molecule has 0 aliphatic rings. The Morgan fingerprint density at radius 1 is 0.605 bits per heavy atom. The standard InChI is InChI=1S/C17H17F17O4/c1-4-5-6-7-9(2,3)36-8(35)10(18,13(22,23)24)37-17(33,34)12(21,15(28,29)30)38-16(31,32)11(19,20)14(25,26)27/h4-7H2,1-3H3/t10-,12+/m1/s1.